The molecule has 0 aliphatic heterocycles. The fraction of sp³-hybridized carbons (Fsp3) is 0.211. The molecule has 2 rings (SSSR count). The first kappa shape index (κ1) is 20.7. The predicted molar refractivity (Wildman–Crippen MR) is 99.4 cm³/mol. The van der Waals surface area contributed by atoms with Crippen LogP contribution in [0, 0.1) is 11.6 Å². The molecule has 8 heteroatoms. The molecule has 0 atom stereocenters. The lowest BCUT2D eigenvalue weighted by Crippen LogP contribution is -2.23. The van der Waals surface area contributed by atoms with Crippen LogP contribution in [0.25, 0.3) is 6.08 Å². The highest BCUT2D eigenvalue weighted by Crippen LogP contribution is 2.14. The lowest BCUT2D eigenvalue weighted by Gasteiger charge is -2.11. The summed E-state index contributed by atoms with van der Waals surface area (Å²) in [7, 11) is -0.593. The van der Waals surface area contributed by atoms with E-state index in [4.69, 9.17) is 0 Å². The van der Waals surface area contributed by atoms with Gasteiger partial charge in [0.2, 0.25) is 15.9 Å². The van der Waals surface area contributed by atoms with E-state index in [-0.39, 0.29) is 17.3 Å². The number of carbonyl (C=O) groups excluding carboxylic acids is 1. The highest BCUT2D eigenvalue weighted by molar-refractivity contribution is 7.89. The van der Waals surface area contributed by atoms with Crippen LogP contribution < -0.4 is 5.32 Å². The number of sulfonamides is 1. The number of nitrogens with one attached hydrogen (secondary N) is 1. The van der Waals surface area contributed by atoms with Gasteiger partial charge < -0.3 is 5.32 Å². The third kappa shape index (κ3) is 5.97. The van der Waals surface area contributed by atoms with Crippen LogP contribution >= 0.6 is 0 Å². The third-order valence-corrected chi connectivity index (χ3v) is 5.55. The minimum Gasteiger partial charge on any atom is -0.352 e. The molecule has 0 aliphatic carbocycles. The predicted octanol–water partition coefficient (Wildman–Crippen LogP) is 2.59. The molecule has 2 aromatic rings. The van der Waals surface area contributed by atoms with E-state index in [0.717, 1.165) is 10.4 Å². The minimum absolute atomic E-state index is 0.163. The number of rotatable bonds is 7. The van der Waals surface area contributed by atoms with E-state index in [2.05, 4.69) is 5.32 Å². The van der Waals surface area contributed by atoms with Gasteiger partial charge in [-0.05, 0) is 47.9 Å². The Bertz CT molecular complexity index is 920. The summed E-state index contributed by atoms with van der Waals surface area (Å²) in [6.07, 6.45) is 3.15. The summed E-state index contributed by atoms with van der Waals surface area (Å²) < 4.78 is 51.3. The quantitative estimate of drug-likeness (QED) is 0.734. The van der Waals surface area contributed by atoms with Crippen LogP contribution in [-0.4, -0.2) is 39.3 Å². The van der Waals surface area contributed by atoms with Crippen LogP contribution in [0.4, 0.5) is 8.78 Å². The molecule has 0 saturated carbocycles. The summed E-state index contributed by atoms with van der Waals surface area (Å²) in [4.78, 5) is 12.0. The van der Waals surface area contributed by atoms with Crippen LogP contribution in [0.5, 0.6) is 0 Å². The van der Waals surface area contributed by atoms with E-state index in [0.29, 0.717) is 17.5 Å². The third-order valence-electron chi connectivity index (χ3n) is 3.72. The molecule has 0 fully saturated rings. The van der Waals surface area contributed by atoms with Crippen LogP contribution in [-0.2, 0) is 21.2 Å². The number of amides is 1. The van der Waals surface area contributed by atoms with Crippen molar-refractivity contribution in [1.29, 1.82) is 0 Å². The average Bonchev–Trinajstić information content (AvgIpc) is 2.59. The standard InChI is InChI=1S/C19H20F2N2O3S/c1-23(2)27(25,26)18-6-3-14(4-7-18)5-8-19(24)22-10-9-15-11-16(20)13-17(21)12-15/h3-8,11-13H,9-10H2,1-2H3,(H,22,24). The number of benzene rings is 2. The van der Waals surface area contributed by atoms with Crippen molar-refractivity contribution >= 4 is 22.0 Å². The summed E-state index contributed by atoms with van der Waals surface area (Å²) in [5, 5.41) is 2.62. The molecular weight excluding hydrogens is 374 g/mol. The Hall–Kier alpha value is -2.58. The Labute approximate surface area is 157 Å². The van der Waals surface area contributed by atoms with E-state index in [1.165, 1.54) is 44.4 Å². The van der Waals surface area contributed by atoms with Crippen molar-refractivity contribution in [3.8, 4) is 0 Å². The molecule has 0 heterocycles. The topological polar surface area (TPSA) is 66.5 Å². The van der Waals surface area contributed by atoms with Gasteiger partial charge in [0.1, 0.15) is 11.6 Å². The van der Waals surface area contributed by atoms with Gasteiger partial charge in [0, 0.05) is 32.8 Å². The number of hydrogen-bond donors (Lipinski definition) is 1. The summed E-state index contributed by atoms with van der Waals surface area (Å²) in [5.41, 5.74) is 1.12. The Kier molecular flexibility index (Phi) is 6.81. The zero-order valence-corrected chi connectivity index (χ0v) is 15.8. The molecule has 5 nitrogen and oxygen atoms in total. The molecule has 2 aromatic carbocycles. The Balaban J connectivity index is 1.89. The molecule has 0 bridgehead atoms. The van der Waals surface area contributed by atoms with Crippen molar-refractivity contribution in [2.24, 2.45) is 0 Å². The largest absolute Gasteiger partial charge is 0.352 e. The van der Waals surface area contributed by atoms with Crippen molar-refractivity contribution in [2.45, 2.75) is 11.3 Å². The lowest BCUT2D eigenvalue weighted by molar-refractivity contribution is -0.116. The molecule has 1 amide bonds. The fourth-order valence-electron chi connectivity index (χ4n) is 2.28. The summed E-state index contributed by atoms with van der Waals surface area (Å²) in [6, 6.07) is 9.34. The number of carbonyl (C=O) groups is 1. The molecular formula is C19H20F2N2O3S. The summed E-state index contributed by atoms with van der Waals surface area (Å²) in [5.74, 6) is -1.68. The maximum atomic E-state index is 13.1. The van der Waals surface area contributed by atoms with Crippen molar-refractivity contribution in [2.75, 3.05) is 20.6 Å². The molecule has 0 unspecified atom stereocenters. The van der Waals surface area contributed by atoms with Gasteiger partial charge in [0.05, 0.1) is 4.90 Å². The molecule has 0 aliphatic rings. The van der Waals surface area contributed by atoms with E-state index >= 15 is 0 Å². The second-order valence-electron chi connectivity index (χ2n) is 6.01. The number of nitrogens with zero attached hydrogens (tertiary/aromatic N) is 1. The Morgan fingerprint density at radius 3 is 2.22 bits per heavy atom. The normalized spacial score (nSPS) is 11.9. The second kappa shape index (κ2) is 8.88. The van der Waals surface area contributed by atoms with Crippen LogP contribution in [0.2, 0.25) is 0 Å². The van der Waals surface area contributed by atoms with Gasteiger partial charge >= 0.3 is 0 Å². The van der Waals surface area contributed by atoms with Crippen molar-refractivity contribution in [1.82, 2.24) is 9.62 Å². The lowest BCUT2D eigenvalue weighted by atomic mass is 10.1. The van der Waals surface area contributed by atoms with Gasteiger partial charge in [0.15, 0.2) is 0 Å². The summed E-state index contributed by atoms with van der Waals surface area (Å²) >= 11 is 0. The number of halogens is 2. The fourth-order valence-corrected chi connectivity index (χ4v) is 3.18. The monoisotopic (exact) mass is 394 g/mol. The highest BCUT2D eigenvalue weighted by atomic mass is 32.2. The molecule has 0 saturated heterocycles. The highest BCUT2D eigenvalue weighted by Gasteiger charge is 2.16. The Morgan fingerprint density at radius 2 is 1.67 bits per heavy atom. The average molecular weight is 394 g/mol. The van der Waals surface area contributed by atoms with Gasteiger partial charge in [-0.1, -0.05) is 12.1 Å². The molecule has 0 spiro atoms. The maximum absolute atomic E-state index is 13.1. The molecule has 1 N–H and O–H groups in total. The summed E-state index contributed by atoms with van der Waals surface area (Å²) in [6.45, 7) is 0.228. The first-order valence-electron chi connectivity index (χ1n) is 8.12. The minimum atomic E-state index is -3.49. The molecule has 27 heavy (non-hydrogen) atoms. The SMILES string of the molecule is CN(C)S(=O)(=O)c1ccc(C=CC(=O)NCCc2cc(F)cc(F)c2)cc1. The van der Waals surface area contributed by atoms with Crippen molar-refractivity contribution in [3.63, 3.8) is 0 Å². The van der Waals surface area contributed by atoms with Crippen LogP contribution in [0.1, 0.15) is 11.1 Å². The van der Waals surface area contributed by atoms with Gasteiger partial charge in [-0.25, -0.2) is 21.5 Å². The van der Waals surface area contributed by atoms with Crippen molar-refractivity contribution < 1.29 is 22.0 Å². The van der Waals surface area contributed by atoms with E-state index in [1.807, 2.05) is 0 Å². The van der Waals surface area contributed by atoms with Crippen LogP contribution in [0.3, 0.4) is 0 Å². The zero-order valence-electron chi connectivity index (χ0n) is 14.9. The molecule has 144 valence electrons. The van der Waals surface area contributed by atoms with E-state index in [1.54, 1.807) is 18.2 Å². The Morgan fingerprint density at radius 1 is 1.07 bits per heavy atom. The molecule has 0 aromatic heterocycles. The second-order valence-corrected chi connectivity index (χ2v) is 8.16. The van der Waals surface area contributed by atoms with E-state index < -0.39 is 21.7 Å². The number of hydrogen-bond acceptors (Lipinski definition) is 3. The first-order valence-corrected chi connectivity index (χ1v) is 9.56. The smallest absolute Gasteiger partial charge is 0.244 e. The van der Waals surface area contributed by atoms with Crippen LogP contribution in [0.15, 0.2) is 53.4 Å². The molecule has 0 radical (unpaired) electrons. The first-order chi connectivity index (χ1) is 12.7. The van der Waals surface area contributed by atoms with Gasteiger partial charge in [-0.3, -0.25) is 4.79 Å². The van der Waals surface area contributed by atoms with Crippen molar-refractivity contribution in [3.05, 3.63) is 71.3 Å². The van der Waals surface area contributed by atoms with E-state index in [9.17, 15) is 22.0 Å². The zero-order chi connectivity index (χ0) is 20.0. The van der Waals surface area contributed by atoms with Gasteiger partial charge in [-0.15, -0.1) is 0 Å². The van der Waals surface area contributed by atoms with Gasteiger partial charge in [0.25, 0.3) is 0 Å². The van der Waals surface area contributed by atoms with Gasteiger partial charge in [-0.2, -0.15) is 0 Å². The maximum Gasteiger partial charge on any atom is 0.244 e.